The van der Waals surface area contributed by atoms with E-state index in [-0.39, 0.29) is 29.7 Å². The van der Waals surface area contributed by atoms with E-state index in [0.717, 1.165) is 51.6 Å². The zero-order valence-electron chi connectivity index (χ0n) is 29.2. The molecule has 2 aliphatic carbocycles. The van der Waals surface area contributed by atoms with Gasteiger partial charge in [0.2, 0.25) is 17.7 Å². The van der Waals surface area contributed by atoms with Gasteiger partial charge >= 0.3 is 5.97 Å². The van der Waals surface area contributed by atoms with E-state index in [2.05, 4.69) is 51.3 Å². The number of hydrogen-bond acceptors (Lipinski definition) is 4. The van der Waals surface area contributed by atoms with Crippen molar-refractivity contribution in [1.29, 1.82) is 0 Å². The highest BCUT2D eigenvalue weighted by Gasteiger charge is 2.42. The number of carboxylic acid groups (broad SMARTS) is 1. The van der Waals surface area contributed by atoms with Crippen LogP contribution in [0, 0.1) is 47.3 Å². The van der Waals surface area contributed by atoms with Gasteiger partial charge in [-0.05, 0) is 93.3 Å². The Hall–Kier alpha value is -2.12. The number of piperidine rings is 3. The molecular weight excluding hydrogens is 566 g/mol. The fourth-order valence-corrected chi connectivity index (χ4v) is 9.18. The van der Waals surface area contributed by atoms with Crippen LogP contribution in [0.5, 0.6) is 0 Å². The third-order valence-electron chi connectivity index (χ3n) is 12.0. The minimum atomic E-state index is -0.757. The summed E-state index contributed by atoms with van der Waals surface area (Å²) in [5.74, 6) is 3.22. The first kappa shape index (κ1) is 35.7. The van der Waals surface area contributed by atoms with Gasteiger partial charge in [-0.15, -0.1) is 0 Å². The maximum Gasteiger partial charge on any atom is 0.308 e. The van der Waals surface area contributed by atoms with Crippen LogP contribution in [0.15, 0.2) is 0 Å². The molecule has 3 amide bonds. The van der Waals surface area contributed by atoms with Gasteiger partial charge in [-0.25, -0.2) is 0 Å². The molecule has 3 aliphatic heterocycles. The van der Waals surface area contributed by atoms with Crippen LogP contribution < -0.4 is 0 Å². The van der Waals surface area contributed by atoms with E-state index in [9.17, 15) is 24.3 Å². The van der Waals surface area contributed by atoms with Crippen LogP contribution in [0.2, 0.25) is 0 Å². The minimum Gasteiger partial charge on any atom is -0.481 e. The second-order valence-electron chi connectivity index (χ2n) is 16.1. The van der Waals surface area contributed by atoms with Crippen LogP contribution >= 0.6 is 0 Å². The van der Waals surface area contributed by atoms with Gasteiger partial charge < -0.3 is 19.8 Å². The summed E-state index contributed by atoms with van der Waals surface area (Å²) >= 11 is 0. The Kier molecular flexibility index (Phi) is 12.8. The summed E-state index contributed by atoms with van der Waals surface area (Å²) in [6, 6.07) is 0.585. The molecule has 0 radical (unpaired) electrons. The summed E-state index contributed by atoms with van der Waals surface area (Å²) in [6.45, 7) is 16.5. The third kappa shape index (κ3) is 9.03. The summed E-state index contributed by atoms with van der Waals surface area (Å²) in [6.07, 6.45) is 12.7. The van der Waals surface area contributed by atoms with Crippen molar-refractivity contribution in [3.05, 3.63) is 0 Å². The highest BCUT2D eigenvalue weighted by atomic mass is 16.4. The summed E-state index contributed by atoms with van der Waals surface area (Å²) in [5, 5.41) is 9.23. The zero-order chi connectivity index (χ0) is 32.8. The van der Waals surface area contributed by atoms with Crippen LogP contribution in [-0.2, 0) is 19.2 Å². The van der Waals surface area contributed by atoms with Gasteiger partial charge in [0.05, 0.1) is 11.8 Å². The smallest absolute Gasteiger partial charge is 0.308 e. The average Bonchev–Trinajstić information content (AvgIpc) is 3.01. The van der Waals surface area contributed by atoms with Crippen molar-refractivity contribution in [3.8, 4) is 0 Å². The second kappa shape index (κ2) is 16.1. The summed E-state index contributed by atoms with van der Waals surface area (Å²) in [5.41, 5.74) is 0. The van der Waals surface area contributed by atoms with Crippen molar-refractivity contribution in [2.45, 2.75) is 137 Å². The number of carboxylic acids is 1. The number of hydrogen-bond donors (Lipinski definition) is 1. The standard InChI is InChI=1S/C21H36N2O2.C16H27NO3/c1-15(2)18-9-7-16(3)13-19(18)23-14-17(8-10-20(23)24)21(25)22-11-5-4-6-12-22;1-10(2)13-6-4-11(3)8-14(13)17-9-12(16(19)20)5-7-15(17)18/h15-19H,4-14H2,1-3H3;10-14H,4-9H2,1-3H3,(H,19,20). The van der Waals surface area contributed by atoms with Gasteiger partial charge in [0, 0.05) is 51.1 Å². The molecule has 8 unspecified atom stereocenters. The van der Waals surface area contributed by atoms with Crippen molar-refractivity contribution in [2.24, 2.45) is 47.3 Å². The second-order valence-corrected chi connectivity index (χ2v) is 16.1. The van der Waals surface area contributed by atoms with E-state index in [4.69, 9.17) is 0 Å². The van der Waals surface area contributed by atoms with Crippen LogP contribution in [0.1, 0.15) is 125 Å². The molecule has 2 saturated carbocycles. The molecule has 45 heavy (non-hydrogen) atoms. The fourth-order valence-electron chi connectivity index (χ4n) is 9.18. The van der Waals surface area contributed by atoms with Gasteiger partial charge in [0.25, 0.3) is 0 Å². The van der Waals surface area contributed by atoms with Crippen molar-refractivity contribution >= 4 is 23.7 Å². The fraction of sp³-hybridized carbons (Fsp3) is 0.892. The lowest BCUT2D eigenvalue weighted by molar-refractivity contribution is -0.151. The maximum atomic E-state index is 13.0. The molecule has 5 rings (SSSR count). The van der Waals surface area contributed by atoms with Crippen molar-refractivity contribution in [1.82, 2.24) is 14.7 Å². The van der Waals surface area contributed by atoms with Crippen molar-refractivity contribution in [3.63, 3.8) is 0 Å². The van der Waals surface area contributed by atoms with Crippen molar-refractivity contribution < 1.29 is 24.3 Å². The summed E-state index contributed by atoms with van der Waals surface area (Å²) < 4.78 is 0. The quantitative estimate of drug-likeness (QED) is 0.363. The van der Waals surface area contributed by atoms with E-state index in [0.29, 0.717) is 79.8 Å². The highest BCUT2D eigenvalue weighted by molar-refractivity contribution is 5.84. The Labute approximate surface area is 273 Å². The van der Waals surface area contributed by atoms with E-state index >= 15 is 0 Å². The molecule has 8 heteroatoms. The highest BCUT2D eigenvalue weighted by Crippen LogP contribution is 2.40. The Morgan fingerprint density at radius 2 is 1.11 bits per heavy atom. The molecule has 5 aliphatic rings. The molecule has 0 aromatic rings. The molecule has 0 spiro atoms. The zero-order valence-corrected chi connectivity index (χ0v) is 29.2. The van der Waals surface area contributed by atoms with Crippen LogP contribution in [0.3, 0.4) is 0 Å². The lowest BCUT2D eigenvalue weighted by Gasteiger charge is -2.47. The third-order valence-corrected chi connectivity index (χ3v) is 12.0. The number of nitrogens with zero attached hydrogens (tertiary/aromatic N) is 3. The first-order valence-electron chi connectivity index (χ1n) is 18.5. The normalized spacial score (nSPS) is 34.9. The minimum absolute atomic E-state index is 0.0286. The molecule has 0 bridgehead atoms. The predicted molar refractivity (Wildman–Crippen MR) is 177 cm³/mol. The molecule has 3 saturated heterocycles. The Balaban J connectivity index is 0.000000210. The van der Waals surface area contributed by atoms with E-state index < -0.39 is 5.97 Å². The monoisotopic (exact) mass is 629 g/mol. The van der Waals surface area contributed by atoms with Crippen LogP contribution in [0.25, 0.3) is 0 Å². The van der Waals surface area contributed by atoms with E-state index in [1.165, 1.54) is 25.7 Å². The molecule has 256 valence electrons. The number of rotatable bonds is 6. The number of aliphatic carboxylic acids is 1. The molecule has 8 atom stereocenters. The summed E-state index contributed by atoms with van der Waals surface area (Å²) in [7, 11) is 0. The first-order valence-corrected chi connectivity index (χ1v) is 18.5. The van der Waals surface area contributed by atoms with Gasteiger partial charge in [-0.2, -0.15) is 0 Å². The maximum absolute atomic E-state index is 13.0. The molecular formula is C37H63N3O5. The number of carbonyl (C=O) groups excluding carboxylic acids is 3. The SMILES string of the molecule is CC1CCC(C(C)C)C(N2CC(C(=O)N3CCCCC3)CCC2=O)C1.CC1CCC(C(C)C)C(N2CC(C(=O)O)CCC2=O)C1. The molecule has 3 heterocycles. The average molecular weight is 630 g/mol. The molecule has 0 aromatic heterocycles. The topological polar surface area (TPSA) is 98.2 Å². The predicted octanol–water partition coefficient (Wildman–Crippen LogP) is 6.47. The van der Waals surface area contributed by atoms with Crippen LogP contribution in [0.4, 0.5) is 0 Å². The molecule has 5 fully saturated rings. The molecule has 8 nitrogen and oxygen atoms in total. The summed E-state index contributed by atoms with van der Waals surface area (Å²) in [4.78, 5) is 55.3. The first-order chi connectivity index (χ1) is 21.4. The van der Waals surface area contributed by atoms with E-state index in [1.807, 2.05) is 4.90 Å². The van der Waals surface area contributed by atoms with Gasteiger partial charge in [0.15, 0.2) is 0 Å². The lowest BCUT2D eigenvalue weighted by atomic mass is 9.72. The van der Waals surface area contributed by atoms with Crippen LogP contribution in [-0.4, -0.2) is 81.8 Å². The Bertz CT molecular complexity index is 1020. The number of amides is 3. The number of carbonyl (C=O) groups is 4. The van der Waals surface area contributed by atoms with E-state index in [1.54, 1.807) is 0 Å². The van der Waals surface area contributed by atoms with Gasteiger partial charge in [-0.3, -0.25) is 19.2 Å². The number of likely N-dealkylation sites (tertiary alicyclic amines) is 3. The largest absolute Gasteiger partial charge is 0.481 e. The van der Waals surface area contributed by atoms with Gasteiger partial charge in [0.1, 0.15) is 0 Å². The van der Waals surface area contributed by atoms with Gasteiger partial charge in [-0.1, -0.05) is 54.4 Å². The van der Waals surface area contributed by atoms with Crippen molar-refractivity contribution in [2.75, 3.05) is 26.2 Å². The lowest BCUT2D eigenvalue weighted by Crippen LogP contribution is -2.55. The Morgan fingerprint density at radius 1 is 0.667 bits per heavy atom. The molecule has 1 N–H and O–H groups in total. The Morgan fingerprint density at radius 3 is 1.56 bits per heavy atom. The molecule has 0 aromatic carbocycles.